The maximum absolute atomic E-state index is 12.2. The molecule has 0 aromatic heterocycles. The van der Waals surface area contributed by atoms with Crippen LogP contribution < -0.4 is 14.8 Å². The first-order valence-corrected chi connectivity index (χ1v) is 8.07. The molecular formula is C20H22N2O3. The van der Waals surface area contributed by atoms with Gasteiger partial charge in [-0.15, -0.1) is 0 Å². The van der Waals surface area contributed by atoms with Crippen LogP contribution in [0.4, 0.5) is 0 Å². The highest BCUT2D eigenvalue weighted by Gasteiger charge is 2.15. The van der Waals surface area contributed by atoms with Gasteiger partial charge in [-0.05, 0) is 49.2 Å². The summed E-state index contributed by atoms with van der Waals surface area (Å²) in [6.07, 6.45) is 1.00. The predicted octanol–water partition coefficient (Wildman–Crippen LogP) is 3.39. The first-order valence-electron chi connectivity index (χ1n) is 8.07. The molecule has 130 valence electrons. The van der Waals surface area contributed by atoms with Crippen molar-refractivity contribution in [1.82, 2.24) is 5.32 Å². The van der Waals surface area contributed by atoms with Crippen LogP contribution in [0, 0.1) is 11.3 Å². The maximum atomic E-state index is 12.2. The van der Waals surface area contributed by atoms with E-state index in [-0.39, 0.29) is 11.9 Å². The van der Waals surface area contributed by atoms with Gasteiger partial charge in [-0.2, -0.15) is 5.26 Å². The van der Waals surface area contributed by atoms with Gasteiger partial charge >= 0.3 is 0 Å². The third-order valence-electron chi connectivity index (χ3n) is 4.00. The number of methoxy groups -OCH3 is 2. The van der Waals surface area contributed by atoms with Crippen LogP contribution in [0.5, 0.6) is 11.5 Å². The molecule has 0 spiro atoms. The minimum absolute atomic E-state index is 0.0401. The highest BCUT2D eigenvalue weighted by molar-refractivity contribution is 5.76. The number of hydrogen-bond donors (Lipinski definition) is 1. The number of nitrogens with zero attached hydrogens (tertiary/aromatic N) is 1. The fraction of sp³-hybridized carbons (Fsp3) is 0.300. The van der Waals surface area contributed by atoms with Crippen LogP contribution in [0.3, 0.4) is 0 Å². The van der Waals surface area contributed by atoms with Crippen molar-refractivity contribution in [3.8, 4) is 17.6 Å². The van der Waals surface area contributed by atoms with E-state index < -0.39 is 0 Å². The number of carbonyl (C=O) groups excluding carboxylic acids is 1. The number of ether oxygens (including phenoxy) is 2. The Balaban J connectivity index is 1.96. The Morgan fingerprint density at radius 3 is 2.48 bits per heavy atom. The lowest BCUT2D eigenvalue weighted by atomic mass is 10.0. The van der Waals surface area contributed by atoms with Crippen molar-refractivity contribution in [2.75, 3.05) is 14.2 Å². The predicted molar refractivity (Wildman–Crippen MR) is 95.6 cm³/mol. The van der Waals surface area contributed by atoms with Gasteiger partial charge in [0.1, 0.15) is 11.5 Å². The van der Waals surface area contributed by atoms with Gasteiger partial charge in [0.2, 0.25) is 5.91 Å². The molecule has 1 atom stereocenters. The standard InChI is InChI=1S/C20H22N2O3/c1-14(18-12-17(24-2)9-10-19(18)25-3)22-20(23)11-8-15-4-6-16(13-21)7-5-15/h4-7,9-10,12,14H,8,11H2,1-3H3,(H,22,23)/t14-/m1/s1. The first kappa shape index (κ1) is 18.3. The van der Waals surface area contributed by atoms with Crippen molar-refractivity contribution < 1.29 is 14.3 Å². The van der Waals surface area contributed by atoms with Gasteiger partial charge in [-0.25, -0.2) is 0 Å². The average Bonchev–Trinajstić information content (AvgIpc) is 2.66. The molecule has 0 heterocycles. The molecular weight excluding hydrogens is 316 g/mol. The van der Waals surface area contributed by atoms with Crippen molar-refractivity contribution >= 4 is 5.91 Å². The van der Waals surface area contributed by atoms with Gasteiger partial charge in [0.25, 0.3) is 0 Å². The number of carbonyl (C=O) groups is 1. The molecule has 0 radical (unpaired) electrons. The number of rotatable bonds is 7. The average molecular weight is 338 g/mol. The Bertz CT molecular complexity index is 764. The SMILES string of the molecule is COc1ccc(OC)c([C@@H](C)NC(=O)CCc2ccc(C#N)cc2)c1. The van der Waals surface area contributed by atoms with Crippen molar-refractivity contribution in [2.45, 2.75) is 25.8 Å². The molecule has 0 aliphatic carbocycles. The van der Waals surface area contributed by atoms with Crippen LogP contribution in [0.2, 0.25) is 0 Å². The van der Waals surface area contributed by atoms with E-state index >= 15 is 0 Å². The van der Waals surface area contributed by atoms with Gasteiger partial charge in [-0.3, -0.25) is 4.79 Å². The molecule has 0 saturated heterocycles. The highest BCUT2D eigenvalue weighted by atomic mass is 16.5. The summed E-state index contributed by atoms with van der Waals surface area (Å²) in [7, 11) is 3.21. The van der Waals surface area contributed by atoms with Crippen LogP contribution in [-0.4, -0.2) is 20.1 Å². The third kappa shape index (κ3) is 4.98. The van der Waals surface area contributed by atoms with E-state index in [2.05, 4.69) is 11.4 Å². The van der Waals surface area contributed by atoms with Crippen LogP contribution >= 0.6 is 0 Å². The lowest BCUT2D eigenvalue weighted by Gasteiger charge is -2.18. The quantitative estimate of drug-likeness (QED) is 0.840. The third-order valence-corrected chi connectivity index (χ3v) is 4.00. The summed E-state index contributed by atoms with van der Waals surface area (Å²) in [6, 6.07) is 14.7. The topological polar surface area (TPSA) is 71.3 Å². The Labute approximate surface area is 148 Å². The van der Waals surface area contributed by atoms with E-state index in [0.717, 1.165) is 16.9 Å². The monoisotopic (exact) mass is 338 g/mol. The number of aryl methyl sites for hydroxylation is 1. The molecule has 5 nitrogen and oxygen atoms in total. The summed E-state index contributed by atoms with van der Waals surface area (Å²) >= 11 is 0. The van der Waals surface area contributed by atoms with Gasteiger partial charge in [0, 0.05) is 12.0 Å². The molecule has 0 aliphatic rings. The summed E-state index contributed by atoms with van der Waals surface area (Å²) in [6.45, 7) is 1.91. The van der Waals surface area contributed by atoms with Gasteiger partial charge in [0.15, 0.2) is 0 Å². The fourth-order valence-corrected chi connectivity index (χ4v) is 2.57. The van der Waals surface area contributed by atoms with E-state index in [1.165, 1.54) is 0 Å². The minimum atomic E-state index is -0.196. The van der Waals surface area contributed by atoms with E-state index in [9.17, 15) is 4.79 Å². The van der Waals surface area contributed by atoms with Crippen LogP contribution in [0.15, 0.2) is 42.5 Å². The summed E-state index contributed by atoms with van der Waals surface area (Å²) < 4.78 is 10.6. The summed E-state index contributed by atoms with van der Waals surface area (Å²) in [4.78, 5) is 12.2. The van der Waals surface area contributed by atoms with E-state index in [0.29, 0.717) is 24.2 Å². The van der Waals surface area contributed by atoms with Crippen molar-refractivity contribution in [1.29, 1.82) is 5.26 Å². The summed E-state index contributed by atoms with van der Waals surface area (Å²) in [5.74, 6) is 1.39. The van der Waals surface area contributed by atoms with Gasteiger partial charge in [0.05, 0.1) is 31.9 Å². The van der Waals surface area contributed by atoms with E-state index in [1.807, 2.05) is 37.3 Å². The molecule has 0 bridgehead atoms. The second kappa shape index (κ2) is 8.74. The molecule has 0 fully saturated rings. The van der Waals surface area contributed by atoms with Crippen LogP contribution in [0.1, 0.15) is 36.1 Å². The minimum Gasteiger partial charge on any atom is -0.497 e. The largest absolute Gasteiger partial charge is 0.497 e. The Hall–Kier alpha value is -3.00. The highest BCUT2D eigenvalue weighted by Crippen LogP contribution is 2.29. The van der Waals surface area contributed by atoms with Crippen molar-refractivity contribution in [2.24, 2.45) is 0 Å². The number of nitriles is 1. The second-order valence-corrected chi connectivity index (χ2v) is 5.71. The lowest BCUT2D eigenvalue weighted by molar-refractivity contribution is -0.121. The van der Waals surface area contributed by atoms with Gasteiger partial charge < -0.3 is 14.8 Å². The van der Waals surface area contributed by atoms with Crippen LogP contribution in [0.25, 0.3) is 0 Å². The summed E-state index contributed by atoms with van der Waals surface area (Å²) in [5, 5.41) is 11.8. The zero-order chi connectivity index (χ0) is 18.2. The molecule has 1 amide bonds. The maximum Gasteiger partial charge on any atom is 0.220 e. The molecule has 0 saturated carbocycles. The zero-order valence-corrected chi connectivity index (χ0v) is 14.7. The summed E-state index contributed by atoms with van der Waals surface area (Å²) in [5.41, 5.74) is 2.52. The van der Waals surface area contributed by atoms with Crippen molar-refractivity contribution in [3.63, 3.8) is 0 Å². The molecule has 2 aromatic rings. The second-order valence-electron chi connectivity index (χ2n) is 5.71. The molecule has 25 heavy (non-hydrogen) atoms. The molecule has 0 aliphatic heterocycles. The number of hydrogen-bond acceptors (Lipinski definition) is 4. The molecule has 0 unspecified atom stereocenters. The fourth-order valence-electron chi connectivity index (χ4n) is 2.57. The molecule has 2 rings (SSSR count). The Morgan fingerprint density at radius 2 is 1.88 bits per heavy atom. The van der Waals surface area contributed by atoms with Gasteiger partial charge in [-0.1, -0.05) is 12.1 Å². The Kier molecular flexibility index (Phi) is 6.41. The lowest BCUT2D eigenvalue weighted by Crippen LogP contribution is -2.27. The van der Waals surface area contributed by atoms with Crippen LogP contribution in [-0.2, 0) is 11.2 Å². The smallest absolute Gasteiger partial charge is 0.220 e. The number of amides is 1. The van der Waals surface area contributed by atoms with E-state index in [1.54, 1.807) is 26.4 Å². The molecule has 2 aromatic carbocycles. The Morgan fingerprint density at radius 1 is 1.16 bits per heavy atom. The molecule has 5 heteroatoms. The molecule has 1 N–H and O–H groups in total. The normalized spacial score (nSPS) is 11.3. The zero-order valence-electron chi connectivity index (χ0n) is 14.7. The number of benzene rings is 2. The van der Waals surface area contributed by atoms with Crippen molar-refractivity contribution in [3.05, 3.63) is 59.2 Å². The van der Waals surface area contributed by atoms with E-state index in [4.69, 9.17) is 14.7 Å². The first-order chi connectivity index (χ1) is 12.1. The number of nitrogens with one attached hydrogen (secondary N) is 1.